The summed E-state index contributed by atoms with van der Waals surface area (Å²) in [5.41, 5.74) is 0.650. The van der Waals surface area contributed by atoms with Crippen LogP contribution in [0.3, 0.4) is 0 Å². The molecule has 0 spiro atoms. The van der Waals surface area contributed by atoms with Crippen LogP contribution in [-0.2, 0) is 11.3 Å². The molecule has 0 fully saturated rings. The number of nitrogens with two attached hydrogens (primary N) is 1. The Morgan fingerprint density at radius 2 is 2.21 bits per heavy atom. The van der Waals surface area contributed by atoms with Crippen LogP contribution in [0, 0.1) is 5.82 Å². The molecule has 0 atom stereocenters. The van der Waals surface area contributed by atoms with Crippen LogP contribution in [0.5, 0.6) is 11.5 Å². The highest BCUT2D eigenvalue weighted by atomic mass is 19.1. The van der Waals surface area contributed by atoms with Gasteiger partial charge in [-0.1, -0.05) is 6.07 Å². The topological polar surface area (TPSA) is 64.7 Å². The van der Waals surface area contributed by atoms with Crippen LogP contribution in [0.25, 0.3) is 0 Å². The van der Waals surface area contributed by atoms with E-state index >= 15 is 0 Å². The fourth-order valence-corrected chi connectivity index (χ4v) is 1.18. The van der Waals surface area contributed by atoms with Crippen molar-refractivity contribution in [3.8, 4) is 11.5 Å². The summed E-state index contributed by atoms with van der Waals surface area (Å²) >= 11 is 0. The molecule has 3 N–H and O–H groups in total. The van der Waals surface area contributed by atoms with Gasteiger partial charge in [0.15, 0.2) is 17.3 Å². The fourth-order valence-electron chi connectivity index (χ4n) is 1.18. The highest BCUT2D eigenvalue weighted by Gasteiger charge is 2.12. The van der Waals surface area contributed by atoms with Crippen LogP contribution >= 0.6 is 0 Å². The second kappa shape index (κ2) is 4.78. The maximum atomic E-state index is 12.9. The van der Waals surface area contributed by atoms with Crippen molar-refractivity contribution < 1.29 is 19.1 Å². The van der Waals surface area contributed by atoms with E-state index in [9.17, 15) is 9.50 Å². The number of phenolic OH excluding ortho intramolecular Hbond substituents is 1. The zero-order chi connectivity index (χ0) is 10.6. The smallest absolute Gasteiger partial charge is 0.194 e. The zero-order valence-electron chi connectivity index (χ0n) is 7.79. The van der Waals surface area contributed by atoms with Crippen molar-refractivity contribution in [2.24, 2.45) is 5.90 Å². The van der Waals surface area contributed by atoms with E-state index in [-0.39, 0.29) is 12.4 Å². The van der Waals surface area contributed by atoms with Gasteiger partial charge in [0.1, 0.15) is 0 Å². The standard InChI is InChI=1S/C9H12FNO3/c1-13-9-6(4-5-14-11)2-3-7(10)8(9)12/h2-3,12H,4-5,11H2,1H3. The van der Waals surface area contributed by atoms with E-state index in [0.29, 0.717) is 12.0 Å². The zero-order valence-corrected chi connectivity index (χ0v) is 7.79. The number of halogens is 1. The third kappa shape index (κ3) is 2.12. The molecule has 0 aliphatic rings. The molecule has 0 aromatic heterocycles. The average molecular weight is 201 g/mol. The summed E-state index contributed by atoms with van der Waals surface area (Å²) in [4.78, 5) is 4.38. The largest absolute Gasteiger partial charge is 0.502 e. The quantitative estimate of drug-likeness (QED) is 0.712. The highest BCUT2D eigenvalue weighted by molar-refractivity contribution is 5.46. The Hall–Kier alpha value is -1.33. The molecular formula is C9H12FNO3. The SMILES string of the molecule is COc1c(CCON)ccc(F)c1O. The summed E-state index contributed by atoms with van der Waals surface area (Å²) in [7, 11) is 1.36. The summed E-state index contributed by atoms with van der Waals surface area (Å²) in [6.45, 7) is 0.279. The lowest BCUT2D eigenvalue weighted by atomic mass is 10.1. The van der Waals surface area contributed by atoms with Crippen molar-refractivity contribution in [3.63, 3.8) is 0 Å². The molecule has 5 heteroatoms. The van der Waals surface area contributed by atoms with Crippen LogP contribution < -0.4 is 10.6 Å². The fraction of sp³-hybridized carbons (Fsp3) is 0.333. The summed E-state index contributed by atoms with van der Waals surface area (Å²) in [6, 6.07) is 2.69. The van der Waals surface area contributed by atoms with Crippen LogP contribution in [0.15, 0.2) is 12.1 Å². The monoisotopic (exact) mass is 201 g/mol. The number of hydrogen-bond donors (Lipinski definition) is 2. The molecule has 78 valence electrons. The minimum absolute atomic E-state index is 0.127. The number of ether oxygens (including phenoxy) is 1. The van der Waals surface area contributed by atoms with Crippen LogP contribution in [0.1, 0.15) is 5.56 Å². The van der Waals surface area contributed by atoms with Gasteiger partial charge in [-0.3, -0.25) is 0 Å². The Bertz CT molecular complexity index is 317. The molecule has 0 saturated heterocycles. The Morgan fingerprint density at radius 1 is 1.50 bits per heavy atom. The van der Waals surface area contributed by atoms with Gasteiger partial charge in [-0.2, -0.15) is 0 Å². The Kier molecular flexibility index (Phi) is 3.67. The maximum absolute atomic E-state index is 12.9. The lowest BCUT2D eigenvalue weighted by molar-refractivity contribution is 0.140. The van der Waals surface area contributed by atoms with Gasteiger partial charge in [0.2, 0.25) is 0 Å². The predicted octanol–water partition coefficient (Wildman–Crippen LogP) is 0.973. The Morgan fingerprint density at radius 3 is 2.79 bits per heavy atom. The Balaban J connectivity index is 2.98. The molecule has 1 aromatic carbocycles. The molecule has 0 radical (unpaired) electrons. The van der Waals surface area contributed by atoms with Gasteiger partial charge >= 0.3 is 0 Å². The average Bonchev–Trinajstić information content (AvgIpc) is 2.20. The molecule has 0 unspecified atom stereocenters. The van der Waals surface area contributed by atoms with E-state index in [4.69, 9.17) is 10.6 Å². The summed E-state index contributed by atoms with van der Waals surface area (Å²) in [5.74, 6) is 3.79. The number of phenols is 1. The van der Waals surface area contributed by atoms with Gasteiger partial charge in [0, 0.05) is 12.0 Å². The second-order valence-corrected chi connectivity index (χ2v) is 2.71. The summed E-state index contributed by atoms with van der Waals surface area (Å²) in [6.07, 6.45) is 0.452. The molecule has 1 aromatic rings. The molecule has 0 aliphatic heterocycles. The number of hydrogen-bond acceptors (Lipinski definition) is 4. The van der Waals surface area contributed by atoms with Crippen molar-refractivity contribution in [2.45, 2.75) is 6.42 Å². The minimum Gasteiger partial charge on any atom is -0.502 e. The van der Waals surface area contributed by atoms with Gasteiger partial charge in [-0.05, 0) is 6.07 Å². The molecule has 1 rings (SSSR count). The first-order valence-corrected chi connectivity index (χ1v) is 4.06. The van der Waals surface area contributed by atoms with Crippen molar-refractivity contribution in [1.29, 1.82) is 0 Å². The van der Waals surface area contributed by atoms with Crippen molar-refractivity contribution in [2.75, 3.05) is 13.7 Å². The van der Waals surface area contributed by atoms with Crippen molar-refractivity contribution in [1.82, 2.24) is 0 Å². The number of benzene rings is 1. The van der Waals surface area contributed by atoms with E-state index in [0.717, 1.165) is 0 Å². The van der Waals surface area contributed by atoms with Gasteiger partial charge in [0.25, 0.3) is 0 Å². The summed E-state index contributed by atoms with van der Waals surface area (Å²) < 4.78 is 17.8. The highest BCUT2D eigenvalue weighted by Crippen LogP contribution is 2.32. The third-order valence-corrected chi connectivity index (χ3v) is 1.86. The van der Waals surface area contributed by atoms with Crippen molar-refractivity contribution >= 4 is 0 Å². The van der Waals surface area contributed by atoms with Gasteiger partial charge in [0.05, 0.1) is 13.7 Å². The Labute approximate surface area is 81.0 Å². The molecule has 14 heavy (non-hydrogen) atoms. The van der Waals surface area contributed by atoms with Gasteiger partial charge in [-0.25, -0.2) is 10.3 Å². The van der Waals surface area contributed by atoms with E-state index in [1.165, 1.54) is 19.2 Å². The molecule has 4 nitrogen and oxygen atoms in total. The lowest BCUT2D eigenvalue weighted by Crippen LogP contribution is -2.05. The summed E-state index contributed by atoms with van der Waals surface area (Å²) in [5, 5.41) is 9.31. The molecule has 0 heterocycles. The predicted molar refractivity (Wildman–Crippen MR) is 48.5 cm³/mol. The number of methoxy groups -OCH3 is 1. The lowest BCUT2D eigenvalue weighted by Gasteiger charge is -2.09. The first-order valence-electron chi connectivity index (χ1n) is 4.06. The van der Waals surface area contributed by atoms with E-state index in [2.05, 4.69) is 4.84 Å². The van der Waals surface area contributed by atoms with Crippen molar-refractivity contribution in [3.05, 3.63) is 23.5 Å². The van der Waals surface area contributed by atoms with Crippen LogP contribution in [-0.4, -0.2) is 18.8 Å². The molecule has 0 bridgehead atoms. The van der Waals surface area contributed by atoms with Crippen LogP contribution in [0.4, 0.5) is 4.39 Å². The molecular weight excluding hydrogens is 189 g/mol. The van der Waals surface area contributed by atoms with Gasteiger partial charge < -0.3 is 14.7 Å². The molecule has 0 aliphatic carbocycles. The number of rotatable bonds is 4. The van der Waals surface area contributed by atoms with E-state index < -0.39 is 11.6 Å². The second-order valence-electron chi connectivity index (χ2n) is 2.71. The van der Waals surface area contributed by atoms with Gasteiger partial charge in [-0.15, -0.1) is 0 Å². The minimum atomic E-state index is -0.709. The molecule has 0 saturated carbocycles. The maximum Gasteiger partial charge on any atom is 0.194 e. The first kappa shape index (κ1) is 10.7. The third-order valence-electron chi connectivity index (χ3n) is 1.86. The molecule has 0 amide bonds. The van der Waals surface area contributed by atoms with E-state index in [1.807, 2.05) is 0 Å². The van der Waals surface area contributed by atoms with Crippen LogP contribution in [0.2, 0.25) is 0 Å². The first-order chi connectivity index (χ1) is 6.70. The van der Waals surface area contributed by atoms with E-state index in [1.54, 1.807) is 0 Å². The normalized spacial score (nSPS) is 10.2. The number of aromatic hydroxyl groups is 1.